The van der Waals surface area contributed by atoms with Gasteiger partial charge in [-0.2, -0.15) is 0 Å². The molecule has 1 aromatic heterocycles. The van der Waals surface area contributed by atoms with E-state index in [0.717, 1.165) is 25.1 Å². The lowest BCUT2D eigenvalue weighted by Crippen LogP contribution is -2.21. The van der Waals surface area contributed by atoms with Gasteiger partial charge in [-0.3, -0.25) is 4.98 Å². The second-order valence-electron chi connectivity index (χ2n) is 4.87. The van der Waals surface area contributed by atoms with Crippen molar-refractivity contribution in [3.05, 3.63) is 65.5 Å². The summed E-state index contributed by atoms with van der Waals surface area (Å²) in [4.78, 5) is 4.36. The van der Waals surface area contributed by atoms with Gasteiger partial charge in [0.15, 0.2) is 0 Å². The Hall–Kier alpha value is -1.67. The molecule has 1 unspecified atom stereocenters. The maximum atomic E-state index is 4.36. The highest BCUT2D eigenvalue weighted by molar-refractivity contribution is 5.20. The number of nitrogens with zero attached hydrogens (tertiary/aromatic N) is 1. The topological polar surface area (TPSA) is 24.9 Å². The Kier molecular flexibility index (Phi) is 5.10. The van der Waals surface area contributed by atoms with Crippen LogP contribution in [0.1, 0.15) is 36.2 Å². The molecule has 2 heteroatoms. The Morgan fingerprint density at radius 2 is 1.89 bits per heavy atom. The molecule has 2 nitrogen and oxygen atoms in total. The standard InChI is InChI=1S/C17H22N2/c1-3-18-17(16-7-5-4-6-8-16)12-11-15-10-9-14(2)19-13-15/h4-10,13,17-18H,3,11-12H2,1-2H3. The highest BCUT2D eigenvalue weighted by Crippen LogP contribution is 2.18. The highest BCUT2D eigenvalue weighted by atomic mass is 14.9. The quantitative estimate of drug-likeness (QED) is 0.850. The average Bonchev–Trinajstić information content (AvgIpc) is 2.46. The summed E-state index contributed by atoms with van der Waals surface area (Å²) in [6.45, 7) is 5.17. The van der Waals surface area contributed by atoms with E-state index >= 15 is 0 Å². The van der Waals surface area contributed by atoms with Gasteiger partial charge in [-0.05, 0) is 43.5 Å². The second-order valence-corrected chi connectivity index (χ2v) is 4.87. The van der Waals surface area contributed by atoms with Crippen molar-refractivity contribution in [1.29, 1.82) is 0 Å². The van der Waals surface area contributed by atoms with E-state index in [-0.39, 0.29) is 0 Å². The Bertz CT molecular complexity index is 476. The van der Waals surface area contributed by atoms with Gasteiger partial charge in [0.05, 0.1) is 0 Å². The maximum absolute atomic E-state index is 4.36. The third-order valence-corrected chi connectivity index (χ3v) is 3.35. The molecule has 0 bridgehead atoms. The van der Waals surface area contributed by atoms with E-state index in [1.54, 1.807) is 0 Å². The largest absolute Gasteiger partial charge is 0.310 e. The van der Waals surface area contributed by atoms with Crippen LogP contribution in [0.15, 0.2) is 48.7 Å². The molecule has 0 aliphatic rings. The van der Waals surface area contributed by atoms with Gasteiger partial charge in [0.1, 0.15) is 0 Å². The van der Waals surface area contributed by atoms with Crippen LogP contribution in [-0.2, 0) is 6.42 Å². The van der Waals surface area contributed by atoms with Gasteiger partial charge in [0.25, 0.3) is 0 Å². The van der Waals surface area contributed by atoms with E-state index in [1.807, 2.05) is 13.1 Å². The first-order valence-electron chi connectivity index (χ1n) is 6.99. The Morgan fingerprint density at radius 3 is 2.53 bits per heavy atom. The summed E-state index contributed by atoms with van der Waals surface area (Å²) in [5, 5.41) is 3.56. The molecule has 19 heavy (non-hydrogen) atoms. The lowest BCUT2D eigenvalue weighted by molar-refractivity contribution is 0.515. The van der Waals surface area contributed by atoms with Gasteiger partial charge < -0.3 is 5.32 Å². The minimum absolute atomic E-state index is 0.424. The van der Waals surface area contributed by atoms with Crippen LogP contribution in [0.4, 0.5) is 0 Å². The van der Waals surface area contributed by atoms with Crippen LogP contribution in [0.3, 0.4) is 0 Å². The summed E-state index contributed by atoms with van der Waals surface area (Å²) in [5.41, 5.74) is 3.75. The second kappa shape index (κ2) is 7.05. The number of hydrogen-bond donors (Lipinski definition) is 1. The van der Waals surface area contributed by atoms with E-state index in [2.05, 4.69) is 59.7 Å². The molecule has 100 valence electrons. The number of hydrogen-bond acceptors (Lipinski definition) is 2. The molecule has 0 aliphatic heterocycles. The lowest BCUT2D eigenvalue weighted by Gasteiger charge is -2.18. The zero-order valence-electron chi connectivity index (χ0n) is 11.8. The molecule has 0 radical (unpaired) electrons. The van der Waals surface area contributed by atoms with Crippen molar-refractivity contribution < 1.29 is 0 Å². The van der Waals surface area contributed by atoms with Crippen molar-refractivity contribution in [1.82, 2.24) is 10.3 Å². The summed E-state index contributed by atoms with van der Waals surface area (Å²) < 4.78 is 0. The normalized spacial score (nSPS) is 12.3. The summed E-state index contributed by atoms with van der Waals surface area (Å²) in [7, 11) is 0. The van der Waals surface area contributed by atoms with Crippen LogP contribution >= 0.6 is 0 Å². The van der Waals surface area contributed by atoms with Crippen molar-refractivity contribution in [2.45, 2.75) is 32.7 Å². The van der Waals surface area contributed by atoms with Gasteiger partial charge in [0, 0.05) is 17.9 Å². The molecule has 0 fully saturated rings. The van der Waals surface area contributed by atoms with E-state index in [4.69, 9.17) is 0 Å². The molecule has 1 heterocycles. The van der Waals surface area contributed by atoms with Crippen LogP contribution in [0.2, 0.25) is 0 Å². The predicted molar refractivity (Wildman–Crippen MR) is 80.2 cm³/mol. The zero-order valence-corrected chi connectivity index (χ0v) is 11.8. The van der Waals surface area contributed by atoms with Crippen LogP contribution < -0.4 is 5.32 Å². The minimum Gasteiger partial charge on any atom is -0.310 e. The molecular weight excluding hydrogens is 232 g/mol. The lowest BCUT2D eigenvalue weighted by atomic mass is 9.99. The molecular formula is C17H22N2. The predicted octanol–water partition coefficient (Wildman–Crippen LogP) is 3.67. The third-order valence-electron chi connectivity index (χ3n) is 3.35. The molecule has 0 spiro atoms. The molecule has 1 aromatic carbocycles. The van der Waals surface area contributed by atoms with Crippen molar-refractivity contribution in [3.63, 3.8) is 0 Å². The molecule has 1 atom stereocenters. The monoisotopic (exact) mass is 254 g/mol. The molecule has 2 rings (SSSR count). The van der Waals surface area contributed by atoms with Gasteiger partial charge in [-0.25, -0.2) is 0 Å². The van der Waals surface area contributed by atoms with Crippen molar-refractivity contribution in [2.75, 3.05) is 6.54 Å². The minimum atomic E-state index is 0.424. The number of aromatic nitrogens is 1. The van der Waals surface area contributed by atoms with Crippen LogP contribution in [0.5, 0.6) is 0 Å². The summed E-state index contributed by atoms with van der Waals surface area (Å²) >= 11 is 0. The third kappa shape index (κ3) is 4.18. The fraction of sp³-hybridized carbons (Fsp3) is 0.353. The Labute approximate surface area is 115 Å². The first-order chi connectivity index (χ1) is 9.29. The Morgan fingerprint density at radius 1 is 1.11 bits per heavy atom. The van der Waals surface area contributed by atoms with E-state index < -0.39 is 0 Å². The van der Waals surface area contributed by atoms with Crippen LogP contribution in [-0.4, -0.2) is 11.5 Å². The number of benzene rings is 1. The summed E-state index contributed by atoms with van der Waals surface area (Å²) in [6, 6.07) is 15.3. The van der Waals surface area contributed by atoms with Crippen molar-refractivity contribution in [2.24, 2.45) is 0 Å². The van der Waals surface area contributed by atoms with Crippen LogP contribution in [0, 0.1) is 6.92 Å². The maximum Gasteiger partial charge on any atom is 0.0372 e. The molecule has 0 saturated heterocycles. The first kappa shape index (κ1) is 13.8. The van der Waals surface area contributed by atoms with Gasteiger partial charge >= 0.3 is 0 Å². The molecule has 0 saturated carbocycles. The first-order valence-corrected chi connectivity index (χ1v) is 6.99. The smallest absolute Gasteiger partial charge is 0.0372 e. The fourth-order valence-corrected chi connectivity index (χ4v) is 2.28. The van der Waals surface area contributed by atoms with Gasteiger partial charge in [-0.1, -0.05) is 43.3 Å². The van der Waals surface area contributed by atoms with Crippen molar-refractivity contribution in [3.8, 4) is 0 Å². The number of aryl methyl sites for hydroxylation is 2. The Balaban J connectivity index is 1.99. The zero-order chi connectivity index (χ0) is 13.5. The summed E-state index contributed by atoms with van der Waals surface area (Å²) in [6.07, 6.45) is 4.14. The molecule has 2 aromatic rings. The van der Waals surface area contributed by atoms with E-state index in [0.29, 0.717) is 6.04 Å². The molecule has 0 amide bonds. The number of nitrogens with one attached hydrogen (secondary N) is 1. The van der Waals surface area contributed by atoms with E-state index in [1.165, 1.54) is 11.1 Å². The van der Waals surface area contributed by atoms with E-state index in [9.17, 15) is 0 Å². The van der Waals surface area contributed by atoms with Gasteiger partial charge in [-0.15, -0.1) is 0 Å². The fourth-order valence-electron chi connectivity index (χ4n) is 2.28. The molecule has 0 aliphatic carbocycles. The average molecular weight is 254 g/mol. The molecule has 1 N–H and O–H groups in total. The van der Waals surface area contributed by atoms with Crippen molar-refractivity contribution >= 4 is 0 Å². The van der Waals surface area contributed by atoms with Gasteiger partial charge in [0.2, 0.25) is 0 Å². The number of pyridine rings is 1. The summed E-state index contributed by atoms with van der Waals surface area (Å²) in [5.74, 6) is 0. The van der Waals surface area contributed by atoms with Crippen LogP contribution in [0.25, 0.3) is 0 Å². The highest BCUT2D eigenvalue weighted by Gasteiger charge is 2.09. The number of rotatable bonds is 6. The SMILES string of the molecule is CCNC(CCc1ccc(C)nc1)c1ccccc1.